The molecule has 0 atom stereocenters. The molecule has 2 amide bonds. The first-order chi connectivity index (χ1) is 16.4. The molecule has 0 radical (unpaired) electrons. The summed E-state index contributed by atoms with van der Waals surface area (Å²) in [6.45, 7) is 2.40. The summed E-state index contributed by atoms with van der Waals surface area (Å²) < 4.78 is 0. The molecule has 1 aliphatic rings. The highest BCUT2D eigenvalue weighted by Crippen LogP contribution is 2.29. The van der Waals surface area contributed by atoms with Crippen LogP contribution in [0, 0.1) is 0 Å². The van der Waals surface area contributed by atoms with Gasteiger partial charge in [0.05, 0.1) is 28.4 Å². The number of aromatic amines is 2. The molecule has 0 fully saturated rings. The number of allylic oxidation sites excluding steroid dienone is 1. The predicted molar refractivity (Wildman–Crippen MR) is 127 cm³/mol. The highest BCUT2D eigenvalue weighted by Gasteiger charge is 2.19. The van der Waals surface area contributed by atoms with E-state index >= 15 is 0 Å². The molecule has 4 N–H and O–H groups in total. The summed E-state index contributed by atoms with van der Waals surface area (Å²) in [7, 11) is 3.38. The van der Waals surface area contributed by atoms with E-state index in [1.807, 2.05) is 19.1 Å². The maximum Gasteiger partial charge on any atom is 0.257 e. The number of amides is 2. The number of carbonyl (C=O) groups excluding carboxylic acids is 2. The highest BCUT2D eigenvalue weighted by atomic mass is 16.2. The van der Waals surface area contributed by atoms with Crippen LogP contribution >= 0.6 is 0 Å². The van der Waals surface area contributed by atoms with Crippen LogP contribution in [0.4, 0.5) is 0 Å². The average molecular weight is 457 g/mol. The smallest absolute Gasteiger partial charge is 0.257 e. The van der Waals surface area contributed by atoms with Crippen LogP contribution in [0.2, 0.25) is 0 Å². The molecule has 34 heavy (non-hydrogen) atoms. The van der Waals surface area contributed by atoms with Crippen molar-refractivity contribution in [2.24, 2.45) is 0 Å². The number of hydrogen-bond acceptors (Lipinski definition) is 7. The largest absolute Gasteiger partial charge is 0.385 e. The molecule has 172 valence electrons. The van der Waals surface area contributed by atoms with Gasteiger partial charge in [-0.2, -0.15) is 5.10 Å². The van der Waals surface area contributed by atoms with Gasteiger partial charge >= 0.3 is 0 Å². The van der Waals surface area contributed by atoms with Crippen molar-refractivity contribution >= 4 is 39.5 Å². The summed E-state index contributed by atoms with van der Waals surface area (Å²) in [5, 5.41) is 14.2. The Hall–Kier alpha value is -4.54. The van der Waals surface area contributed by atoms with Crippen LogP contribution in [0.15, 0.2) is 42.6 Å². The monoisotopic (exact) mass is 457 g/mol. The van der Waals surface area contributed by atoms with E-state index in [2.05, 4.69) is 40.8 Å². The van der Waals surface area contributed by atoms with E-state index in [0.717, 1.165) is 16.5 Å². The van der Waals surface area contributed by atoms with E-state index in [9.17, 15) is 9.59 Å². The highest BCUT2D eigenvalue weighted by molar-refractivity contribution is 6.05. The lowest BCUT2D eigenvalue weighted by molar-refractivity contribution is -0.120. The topological polar surface area (TPSA) is 145 Å². The SMILES string of the molecule is CCC(=O)NC1=CNCC(c2cnc3n[nH]c(-c4nc5c(C(=O)N(C)C)cncc5[nH]4)c3c2)=C1. The fourth-order valence-corrected chi connectivity index (χ4v) is 3.76. The Balaban J connectivity index is 1.55. The summed E-state index contributed by atoms with van der Waals surface area (Å²) in [5.41, 5.74) is 5.36. The third-order valence-electron chi connectivity index (χ3n) is 5.53. The van der Waals surface area contributed by atoms with Crippen molar-refractivity contribution in [2.45, 2.75) is 13.3 Å². The molecule has 0 saturated heterocycles. The lowest BCUT2D eigenvalue weighted by atomic mass is 10.0. The molecule has 0 saturated carbocycles. The molecule has 0 aliphatic carbocycles. The van der Waals surface area contributed by atoms with E-state index in [1.165, 1.54) is 11.1 Å². The van der Waals surface area contributed by atoms with E-state index in [1.54, 1.807) is 32.7 Å². The van der Waals surface area contributed by atoms with Crippen molar-refractivity contribution in [2.75, 3.05) is 20.6 Å². The van der Waals surface area contributed by atoms with E-state index in [0.29, 0.717) is 52.4 Å². The maximum absolute atomic E-state index is 12.6. The first-order valence-electron chi connectivity index (χ1n) is 10.8. The molecule has 11 heteroatoms. The van der Waals surface area contributed by atoms with Crippen molar-refractivity contribution in [1.29, 1.82) is 0 Å². The number of H-pyrrole nitrogens is 2. The van der Waals surface area contributed by atoms with Gasteiger partial charge in [-0.1, -0.05) is 6.92 Å². The number of carbonyl (C=O) groups is 2. The number of hydrogen-bond donors (Lipinski definition) is 4. The van der Waals surface area contributed by atoms with Gasteiger partial charge in [-0.25, -0.2) is 9.97 Å². The quantitative estimate of drug-likeness (QED) is 0.358. The van der Waals surface area contributed by atoms with Crippen molar-refractivity contribution in [3.8, 4) is 11.5 Å². The summed E-state index contributed by atoms with van der Waals surface area (Å²) in [6, 6.07) is 1.98. The van der Waals surface area contributed by atoms with Gasteiger partial charge < -0.3 is 20.5 Å². The van der Waals surface area contributed by atoms with Crippen molar-refractivity contribution in [3.63, 3.8) is 0 Å². The van der Waals surface area contributed by atoms with E-state index in [4.69, 9.17) is 0 Å². The molecule has 5 heterocycles. The molecule has 4 aromatic rings. The predicted octanol–water partition coefficient (Wildman–Crippen LogP) is 1.95. The number of rotatable bonds is 5. The summed E-state index contributed by atoms with van der Waals surface area (Å²) in [5.74, 6) is 0.303. The van der Waals surface area contributed by atoms with Gasteiger partial charge in [0.15, 0.2) is 11.5 Å². The third kappa shape index (κ3) is 3.76. The number of nitrogens with zero attached hydrogens (tertiary/aromatic N) is 5. The van der Waals surface area contributed by atoms with Gasteiger partial charge in [0.1, 0.15) is 11.2 Å². The lowest BCUT2D eigenvalue weighted by Gasteiger charge is -2.16. The van der Waals surface area contributed by atoms with Gasteiger partial charge in [-0.05, 0) is 23.3 Å². The zero-order valence-electron chi connectivity index (χ0n) is 18.9. The van der Waals surface area contributed by atoms with Crippen LogP contribution in [0.3, 0.4) is 0 Å². The minimum atomic E-state index is -0.176. The summed E-state index contributed by atoms with van der Waals surface area (Å²) >= 11 is 0. The molecule has 0 unspecified atom stereocenters. The molecule has 5 rings (SSSR count). The lowest BCUT2D eigenvalue weighted by Crippen LogP contribution is -2.26. The zero-order chi connectivity index (χ0) is 23.8. The van der Waals surface area contributed by atoms with E-state index < -0.39 is 0 Å². The fourth-order valence-electron chi connectivity index (χ4n) is 3.76. The van der Waals surface area contributed by atoms with Gasteiger partial charge in [0, 0.05) is 45.7 Å². The Bertz CT molecular complexity index is 1490. The Morgan fingerprint density at radius 3 is 2.85 bits per heavy atom. The molecule has 0 aromatic carbocycles. The van der Waals surface area contributed by atoms with E-state index in [-0.39, 0.29) is 11.8 Å². The molecule has 11 nitrogen and oxygen atoms in total. The standard InChI is InChI=1S/C23H23N9O2/c1-4-18(33)27-14-5-12(7-24-9-14)13-6-15-20(30-31-21(15)26-8-13)22-28-17-11-25-10-16(19(17)29-22)23(34)32(2)3/h5-6,8-11,24H,4,7H2,1-3H3,(H,27,33)(H,28,29)(H,26,30,31). The number of imidazole rings is 1. The van der Waals surface area contributed by atoms with Crippen LogP contribution in [0.5, 0.6) is 0 Å². The first-order valence-corrected chi connectivity index (χ1v) is 10.8. The Labute approximate surface area is 194 Å². The second-order valence-corrected chi connectivity index (χ2v) is 8.11. The Morgan fingerprint density at radius 1 is 1.21 bits per heavy atom. The Morgan fingerprint density at radius 2 is 2.06 bits per heavy atom. The third-order valence-corrected chi connectivity index (χ3v) is 5.53. The minimum Gasteiger partial charge on any atom is -0.385 e. The average Bonchev–Trinajstić information content (AvgIpc) is 3.47. The van der Waals surface area contributed by atoms with Gasteiger partial charge in [0.2, 0.25) is 5.91 Å². The number of pyridine rings is 2. The Kier molecular flexibility index (Phi) is 5.28. The number of nitrogens with one attached hydrogen (secondary N) is 4. The minimum absolute atomic E-state index is 0.0530. The molecular formula is C23H23N9O2. The number of aromatic nitrogens is 6. The van der Waals surface area contributed by atoms with Crippen LogP contribution in [-0.2, 0) is 4.79 Å². The molecular weight excluding hydrogens is 434 g/mol. The second kappa shape index (κ2) is 8.43. The molecule has 0 spiro atoms. The van der Waals surface area contributed by atoms with Crippen LogP contribution in [0.25, 0.3) is 39.2 Å². The molecule has 4 aromatic heterocycles. The number of fused-ring (bicyclic) bond motifs is 2. The van der Waals surface area contributed by atoms with Gasteiger partial charge in [-0.15, -0.1) is 0 Å². The van der Waals surface area contributed by atoms with Crippen molar-refractivity contribution in [3.05, 3.63) is 53.8 Å². The fraction of sp³-hybridized carbons (Fsp3) is 0.217. The summed E-state index contributed by atoms with van der Waals surface area (Å²) in [4.78, 5) is 42.4. The van der Waals surface area contributed by atoms with Crippen LogP contribution in [0.1, 0.15) is 29.3 Å². The van der Waals surface area contributed by atoms with Crippen molar-refractivity contribution < 1.29 is 9.59 Å². The van der Waals surface area contributed by atoms with Gasteiger partial charge in [0.25, 0.3) is 5.91 Å². The second-order valence-electron chi connectivity index (χ2n) is 8.11. The van der Waals surface area contributed by atoms with Crippen molar-refractivity contribution in [1.82, 2.24) is 45.7 Å². The maximum atomic E-state index is 12.6. The van der Waals surface area contributed by atoms with Crippen LogP contribution < -0.4 is 10.6 Å². The molecule has 1 aliphatic heterocycles. The zero-order valence-corrected chi connectivity index (χ0v) is 18.9. The first kappa shape index (κ1) is 21.3. The number of dihydropyridines is 1. The van der Waals surface area contributed by atoms with Crippen LogP contribution in [-0.4, -0.2) is 67.5 Å². The normalized spacial score (nSPS) is 13.4. The molecule has 0 bridgehead atoms. The summed E-state index contributed by atoms with van der Waals surface area (Å²) in [6.07, 6.45) is 9.02. The van der Waals surface area contributed by atoms with Gasteiger partial charge in [-0.3, -0.25) is 19.7 Å².